The van der Waals surface area contributed by atoms with Crippen LogP contribution in [0.5, 0.6) is 5.75 Å². The molecule has 0 amide bonds. The van der Waals surface area contributed by atoms with Gasteiger partial charge < -0.3 is 9.94 Å². The number of sulfone groups is 1. The van der Waals surface area contributed by atoms with Gasteiger partial charge >= 0.3 is 0 Å². The molecule has 0 atom stereocenters. The topological polar surface area (TPSA) is 76.0 Å². The van der Waals surface area contributed by atoms with Crippen LogP contribution in [-0.2, 0) is 9.84 Å². The van der Waals surface area contributed by atoms with Crippen molar-refractivity contribution in [1.82, 2.24) is 0 Å². The first-order valence-electron chi connectivity index (χ1n) is 6.67. The second-order valence-electron chi connectivity index (χ2n) is 4.36. The Kier molecular flexibility index (Phi) is 6.51. The van der Waals surface area contributed by atoms with E-state index >= 15 is 0 Å². The number of hydrogen-bond donors (Lipinski definition) is 1. The van der Waals surface area contributed by atoms with Gasteiger partial charge in [0.15, 0.2) is 0 Å². The Morgan fingerprint density at radius 3 is 2.40 bits per heavy atom. The Morgan fingerprint density at radius 2 is 1.90 bits per heavy atom. The van der Waals surface area contributed by atoms with Gasteiger partial charge in [0, 0.05) is 5.75 Å². The summed E-state index contributed by atoms with van der Waals surface area (Å²) < 4.78 is 28.1. The summed E-state index contributed by atoms with van der Waals surface area (Å²) >= 11 is 0. The van der Waals surface area contributed by atoms with Gasteiger partial charge in [-0.2, -0.15) is 0 Å². The van der Waals surface area contributed by atoms with Crippen LogP contribution in [0.2, 0.25) is 0 Å². The summed E-state index contributed by atoms with van der Waals surface area (Å²) in [6, 6.07) is 7.20. The van der Waals surface area contributed by atoms with Gasteiger partial charge in [0.25, 0.3) is 0 Å². The van der Waals surface area contributed by atoms with E-state index in [0.717, 1.165) is 5.56 Å². The Labute approximate surface area is 120 Å². The Morgan fingerprint density at radius 1 is 1.25 bits per heavy atom. The van der Waals surface area contributed by atoms with Crippen LogP contribution in [0, 0.1) is 0 Å². The Hall–Kier alpha value is -1.56. The standard InChI is InChI=1S/C14H21NO4S/c1-3-14(15-16)12-6-8-13(9-7-12)19-10-5-11-20(17,18)4-2/h6-9,16H,3-5,10-11H2,1-2H3. The molecule has 1 aromatic carbocycles. The SMILES string of the molecule is CCC(=NO)c1ccc(OCCCS(=O)(=O)CC)cc1. The summed E-state index contributed by atoms with van der Waals surface area (Å²) in [7, 11) is -2.92. The summed E-state index contributed by atoms with van der Waals surface area (Å²) in [6.07, 6.45) is 1.13. The minimum Gasteiger partial charge on any atom is -0.494 e. The van der Waals surface area contributed by atoms with Gasteiger partial charge in [-0.3, -0.25) is 0 Å². The minimum atomic E-state index is -2.92. The van der Waals surface area contributed by atoms with Crippen molar-refractivity contribution < 1.29 is 18.4 Å². The lowest BCUT2D eigenvalue weighted by Crippen LogP contribution is -2.11. The number of hydrogen-bond acceptors (Lipinski definition) is 5. The van der Waals surface area contributed by atoms with Crippen LogP contribution in [0.25, 0.3) is 0 Å². The van der Waals surface area contributed by atoms with Crippen molar-refractivity contribution in [2.45, 2.75) is 26.7 Å². The van der Waals surface area contributed by atoms with Gasteiger partial charge in [-0.1, -0.05) is 19.0 Å². The van der Waals surface area contributed by atoms with Crippen molar-refractivity contribution in [3.8, 4) is 5.75 Å². The summed E-state index contributed by atoms with van der Waals surface area (Å²) in [4.78, 5) is 0. The highest BCUT2D eigenvalue weighted by atomic mass is 32.2. The highest BCUT2D eigenvalue weighted by Gasteiger charge is 2.07. The maximum absolute atomic E-state index is 11.3. The number of rotatable bonds is 8. The average molecular weight is 299 g/mol. The quantitative estimate of drug-likeness (QED) is 0.346. The van der Waals surface area contributed by atoms with E-state index < -0.39 is 9.84 Å². The van der Waals surface area contributed by atoms with Gasteiger partial charge in [0.2, 0.25) is 0 Å². The maximum atomic E-state index is 11.3. The lowest BCUT2D eigenvalue weighted by Gasteiger charge is -2.07. The van der Waals surface area contributed by atoms with E-state index in [1.807, 2.05) is 19.1 Å². The van der Waals surface area contributed by atoms with E-state index in [4.69, 9.17) is 9.94 Å². The van der Waals surface area contributed by atoms with Gasteiger partial charge in [0.1, 0.15) is 15.6 Å². The molecule has 0 aliphatic carbocycles. The molecule has 1 aromatic rings. The van der Waals surface area contributed by atoms with Crippen LogP contribution < -0.4 is 4.74 Å². The summed E-state index contributed by atoms with van der Waals surface area (Å²) in [5, 5.41) is 12.0. The molecule has 5 nitrogen and oxygen atoms in total. The number of ether oxygens (including phenoxy) is 1. The molecule has 1 N–H and O–H groups in total. The molecule has 0 saturated heterocycles. The fourth-order valence-corrected chi connectivity index (χ4v) is 2.54. The Bertz CT molecular complexity index is 535. The first-order valence-corrected chi connectivity index (χ1v) is 8.49. The molecule has 0 saturated carbocycles. The zero-order valence-corrected chi connectivity index (χ0v) is 12.7. The van der Waals surface area contributed by atoms with Gasteiger partial charge in [-0.05, 0) is 42.7 Å². The molecule has 0 unspecified atom stereocenters. The molecular weight excluding hydrogens is 278 g/mol. The second-order valence-corrected chi connectivity index (χ2v) is 6.84. The fraction of sp³-hybridized carbons (Fsp3) is 0.500. The largest absolute Gasteiger partial charge is 0.494 e. The lowest BCUT2D eigenvalue weighted by molar-refractivity contribution is 0.316. The monoisotopic (exact) mass is 299 g/mol. The van der Waals surface area contributed by atoms with Crippen molar-refractivity contribution in [1.29, 1.82) is 0 Å². The van der Waals surface area contributed by atoms with Crippen LogP contribution in [0.4, 0.5) is 0 Å². The smallest absolute Gasteiger partial charge is 0.150 e. The minimum absolute atomic E-state index is 0.152. The van der Waals surface area contributed by atoms with Gasteiger partial charge in [0.05, 0.1) is 18.1 Å². The number of nitrogens with zero attached hydrogens (tertiary/aromatic N) is 1. The zero-order valence-electron chi connectivity index (χ0n) is 11.9. The molecule has 0 spiro atoms. The molecular formula is C14H21NO4S. The number of oxime groups is 1. The molecule has 0 bridgehead atoms. The van der Waals surface area contributed by atoms with E-state index in [2.05, 4.69) is 5.16 Å². The number of benzene rings is 1. The van der Waals surface area contributed by atoms with Crippen molar-refractivity contribution in [3.63, 3.8) is 0 Å². The van der Waals surface area contributed by atoms with E-state index in [-0.39, 0.29) is 11.5 Å². The molecule has 0 fully saturated rings. The molecule has 6 heteroatoms. The van der Waals surface area contributed by atoms with Crippen LogP contribution in [-0.4, -0.2) is 37.4 Å². The predicted molar refractivity (Wildman–Crippen MR) is 79.5 cm³/mol. The van der Waals surface area contributed by atoms with Crippen molar-refractivity contribution in [2.75, 3.05) is 18.1 Å². The van der Waals surface area contributed by atoms with Crippen LogP contribution >= 0.6 is 0 Å². The summed E-state index contributed by atoms with van der Waals surface area (Å²) in [6.45, 7) is 3.92. The zero-order chi connectivity index (χ0) is 15.0. The van der Waals surface area contributed by atoms with Crippen molar-refractivity contribution in [2.24, 2.45) is 5.16 Å². The first kappa shape index (κ1) is 16.5. The highest BCUT2D eigenvalue weighted by Crippen LogP contribution is 2.14. The lowest BCUT2D eigenvalue weighted by atomic mass is 10.1. The highest BCUT2D eigenvalue weighted by molar-refractivity contribution is 7.91. The van der Waals surface area contributed by atoms with E-state index in [1.165, 1.54) is 0 Å². The van der Waals surface area contributed by atoms with Gasteiger partial charge in [-0.15, -0.1) is 0 Å². The molecule has 112 valence electrons. The maximum Gasteiger partial charge on any atom is 0.150 e. The van der Waals surface area contributed by atoms with E-state index in [0.29, 0.717) is 30.9 Å². The summed E-state index contributed by atoms with van der Waals surface area (Å²) in [5.74, 6) is 0.997. The molecule has 0 aromatic heterocycles. The van der Waals surface area contributed by atoms with Gasteiger partial charge in [-0.25, -0.2) is 8.42 Å². The molecule has 0 aliphatic heterocycles. The van der Waals surface area contributed by atoms with Crippen LogP contribution in [0.15, 0.2) is 29.4 Å². The third-order valence-electron chi connectivity index (χ3n) is 2.95. The fourth-order valence-electron chi connectivity index (χ4n) is 1.69. The second kappa shape index (κ2) is 7.89. The predicted octanol–water partition coefficient (Wildman–Crippen LogP) is 2.48. The third-order valence-corrected chi connectivity index (χ3v) is 4.74. The Balaban J connectivity index is 2.47. The van der Waals surface area contributed by atoms with Crippen molar-refractivity contribution >= 4 is 15.5 Å². The normalized spacial score (nSPS) is 12.4. The molecule has 0 aliphatic rings. The van der Waals surface area contributed by atoms with Crippen molar-refractivity contribution in [3.05, 3.63) is 29.8 Å². The van der Waals surface area contributed by atoms with E-state index in [1.54, 1.807) is 19.1 Å². The van der Waals surface area contributed by atoms with Crippen LogP contribution in [0.1, 0.15) is 32.3 Å². The average Bonchev–Trinajstić information content (AvgIpc) is 2.46. The summed E-state index contributed by atoms with van der Waals surface area (Å²) in [5.41, 5.74) is 1.46. The third kappa shape index (κ3) is 5.21. The first-order chi connectivity index (χ1) is 9.52. The molecule has 0 radical (unpaired) electrons. The molecule has 0 heterocycles. The van der Waals surface area contributed by atoms with Crippen LogP contribution in [0.3, 0.4) is 0 Å². The molecule has 20 heavy (non-hydrogen) atoms. The molecule has 1 rings (SSSR count). The van der Waals surface area contributed by atoms with E-state index in [9.17, 15) is 8.42 Å².